The Hall–Kier alpha value is -4.02. The van der Waals surface area contributed by atoms with Crippen molar-refractivity contribution < 1.29 is 24.0 Å². The maximum atomic E-state index is 14.2. The Labute approximate surface area is 258 Å². The van der Waals surface area contributed by atoms with Gasteiger partial charge in [-0.2, -0.15) is 5.10 Å². The average molecular weight is 605 g/mol. The van der Waals surface area contributed by atoms with Crippen LogP contribution in [0, 0.1) is 25.7 Å². The van der Waals surface area contributed by atoms with E-state index < -0.39 is 12.1 Å². The van der Waals surface area contributed by atoms with Crippen molar-refractivity contribution in [3.05, 3.63) is 52.8 Å². The number of carbonyl (C=O) groups excluding carboxylic acids is 5. The van der Waals surface area contributed by atoms with Gasteiger partial charge in [0.2, 0.25) is 23.6 Å². The van der Waals surface area contributed by atoms with Crippen molar-refractivity contribution in [3.63, 3.8) is 0 Å². The van der Waals surface area contributed by atoms with Crippen molar-refractivity contribution in [2.24, 2.45) is 11.8 Å². The van der Waals surface area contributed by atoms with Crippen molar-refractivity contribution in [1.82, 2.24) is 30.2 Å². The molecule has 236 valence electrons. The lowest BCUT2D eigenvalue weighted by atomic mass is 9.77. The van der Waals surface area contributed by atoms with Gasteiger partial charge in [-0.3, -0.25) is 28.7 Å². The molecule has 0 spiro atoms. The van der Waals surface area contributed by atoms with Gasteiger partial charge in [0, 0.05) is 57.2 Å². The fourth-order valence-electron chi connectivity index (χ4n) is 7.36. The zero-order chi connectivity index (χ0) is 31.5. The van der Waals surface area contributed by atoms with Gasteiger partial charge in [0.1, 0.15) is 12.1 Å². The van der Waals surface area contributed by atoms with E-state index in [9.17, 15) is 24.0 Å². The van der Waals surface area contributed by atoms with E-state index in [1.165, 1.54) is 6.92 Å². The number of rotatable bonds is 6. The Bertz CT molecular complexity index is 1420. The molecule has 1 aromatic heterocycles. The van der Waals surface area contributed by atoms with E-state index in [-0.39, 0.29) is 60.1 Å². The molecule has 3 aliphatic heterocycles. The van der Waals surface area contributed by atoms with Gasteiger partial charge in [-0.05, 0) is 64.4 Å². The molecule has 5 rings (SSSR count). The number of benzene rings is 1. The van der Waals surface area contributed by atoms with Crippen LogP contribution < -0.4 is 10.6 Å². The fraction of sp³-hybridized carbons (Fsp3) is 0.576. The minimum absolute atomic E-state index is 0.0323. The summed E-state index contributed by atoms with van der Waals surface area (Å²) in [6.07, 6.45) is 3.05. The Kier molecular flexibility index (Phi) is 9.51. The number of piperidine rings is 2. The third kappa shape index (κ3) is 6.87. The Balaban J connectivity index is 1.33. The van der Waals surface area contributed by atoms with Gasteiger partial charge in [-0.1, -0.05) is 30.3 Å². The summed E-state index contributed by atoms with van der Waals surface area (Å²) in [5.74, 6) is -0.465. The summed E-state index contributed by atoms with van der Waals surface area (Å²) < 4.78 is 1.75. The number of hydrogen-bond acceptors (Lipinski definition) is 6. The lowest BCUT2D eigenvalue weighted by molar-refractivity contribution is -0.149. The van der Waals surface area contributed by atoms with E-state index in [0.29, 0.717) is 56.7 Å². The Morgan fingerprint density at radius 1 is 1.02 bits per heavy atom. The first kappa shape index (κ1) is 31.4. The van der Waals surface area contributed by atoms with Gasteiger partial charge in [-0.25, -0.2) is 0 Å². The number of aryl methyl sites for hydroxylation is 2. The molecule has 3 saturated heterocycles. The smallest absolute Gasteiger partial charge is 0.245 e. The van der Waals surface area contributed by atoms with E-state index in [4.69, 9.17) is 0 Å². The molecule has 3 aliphatic rings. The SMILES string of the molecule is CC(=O)c1c(C)nn(CCC(=O)N2C[C@@H]3C[C@H](C2)[C@@H]2CCCC(=O)N[C@H](C)C(=O)N[C@@H](Cc4ccccc4)C(=O)N2C3)c1C. The van der Waals surface area contributed by atoms with Crippen LogP contribution >= 0.6 is 0 Å². The van der Waals surface area contributed by atoms with Gasteiger partial charge in [0.25, 0.3) is 0 Å². The summed E-state index contributed by atoms with van der Waals surface area (Å²) in [4.78, 5) is 69.3. The van der Waals surface area contributed by atoms with Crippen LogP contribution in [0.5, 0.6) is 0 Å². The summed E-state index contributed by atoms with van der Waals surface area (Å²) >= 11 is 0. The van der Waals surface area contributed by atoms with Crippen LogP contribution in [-0.4, -0.2) is 86.8 Å². The Morgan fingerprint density at radius 3 is 2.48 bits per heavy atom. The number of hydrogen-bond donors (Lipinski definition) is 2. The Morgan fingerprint density at radius 2 is 1.77 bits per heavy atom. The highest BCUT2D eigenvalue weighted by Crippen LogP contribution is 2.36. The van der Waals surface area contributed by atoms with Gasteiger partial charge < -0.3 is 20.4 Å². The maximum Gasteiger partial charge on any atom is 0.245 e. The number of amides is 4. The molecule has 2 N–H and O–H groups in total. The standard InChI is InChI=1S/C33H44N6O5/c1-20-31(23(4)40)22(3)39(36-20)14-13-30(42)37-17-25-15-26(19-37)28-11-8-12-29(41)34-21(2)32(43)35-27(33(44)38(28)18-25)16-24-9-6-5-7-10-24/h5-7,9-10,21,25-28H,8,11-19H2,1-4H3,(H,34,41)(H,35,43)/t21-,25+,26-,27+,28+/m1/s1. The highest BCUT2D eigenvalue weighted by atomic mass is 16.2. The maximum absolute atomic E-state index is 14.2. The first-order valence-corrected chi connectivity index (χ1v) is 15.8. The molecule has 11 heteroatoms. The monoisotopic (exact) mass is 604 g/mol. The number of aromatic nitrogens is 2. The zero-order valence-corrected chi connectivity index (χ0v) is 26.2. The van der Waals surface area contributed by atoms with Crippen molar-refractivity contribution in [2.75, 3.05) is 19.6 Å². The second kappa shape index (κ2) is 13.3. The quantitative estimate of drug-likeness (QED) is 0.486. The van der Waals surface area contributed by atoms with Gasteiger partial charge >= 0.3 is 0 Å². The molecule has 0 aliphatic carbocycles. The number of ketones is 1. The zero-order valence-electron chi connectivity index (χ0n) is 26.2. The van der Waals surface area contributed by atoms with E-state index >= 15 is 0 Å². The fourth-order valence-corrected chi connectivity index (χ4v) is 7.36. The summed E-state index contributed by atoms with van der Waals surface area (Å²) in [6, 6.07) is 7.99. The van der Waals surface area contributed by atoms with Crippen LogP contribution in [0.25, 0.3) is 0 Å². The van der Waals surface area contributed by atoms with E-state index in [1.807, 2.05) is 54.0 Å². The number of carbonyl (C=O) groups is 5. The lowest BCUT2D eigenvalue weighted by Crippen LogP contribution is -2.64. The van der Waals surface area contributed by atoms with Crippen LogP contribution in [0.2, 0.25) is 0 Å². The molecule has 1 aromatic carbocycles. The minimum Gasteiger partial charge on any atom is -0.345 e. The van der Waals surface area contributed by atoms with Crippen molar-refractivity contribution in [1.29, 1.82) is 0 Å². The highest BCUT2D eigenvalue weighted by Gasteiger charge is 2.45. The largest absolute Gasteiger partial charge is 0.345 e. The highest BCUT2D eigenvalue weighted by molar-refractivity contribution is 5.96. The summed E-state index contributed by atoms with van der Waals surface area (Å²) in [6.45, 7) is 8.84. The second-order valence-corrected chi connectivity index (χ2v) is 12.7. The summed E-state index contributed by atoms with van der Waals surface area (Å²) in [5.41, 5.74) is 3.00. The molecule has 5 atom stereocenters. The third-order valence-corrected chi connectivity index (χ3v) is 9.45. The molecule has 44 heavy (non-hydrogen) atoms. The summed E-state index contributed by atoms with van der Waals surface area (Å²) in [5, 5.41) is 10.2. The third-order valence-electron chi connectivity index (χ3n) is 9.45. The van der Waals surface area contributed by atoms with Crippen molar-refractivity contribution in [2.45, 2.75) is 90.9 Å². The number of Topliss-reactive ketones (excluding diaryl/α,β-unsaturated/α-hetero) is 1. The molecule has 4 heterocycles. The molecule has 0 radical (unpaired) electrons. The number of fused-ring (bicyclic) bond motifs is 4. The number of nitrogens with one attached hydrogen (secondary N) is 2. The summed E-state index contributed by atoms with van der Waals surface area (Å²) in [7, 11) is 0. The van der Waals surface area contributed by atoms with Gasteiger partial charge in [0.15, 0.2) is 5.78 Å². The predicted octanol–water partition coefficient (Wildman–Crippen LogP) is 2.18. The normalized spacial score (nSPS) is 26.2. The molecule has 11 nitrogen and oxygen atoms in total. The van der Waals surface area contributed by atoms with E-state index in [0.717, 1.165) is 17.7 Å². The van der Waals surface area contributed by atoms with E-state index in [1.54, 1.807) is 11.6 Å². The van der Waals surface area contributed by atoms with Crippen LogP contribution in [0.3, 0.4) is 0 Å². The predicted molar refractivity (Wildman–Crippen MR) is 164 cm³/mol. The number of likely N-dealkylation sites (tertiary alicyclic amines) is 1. The molecule has 2 bridgehead atoms. The van der Waals surface area contributed by atoms with Gasteiger partial charge in [-0.15, -0.1) is 0 Å². The average Bonchev–Trinajstić information content (AvgIpc) is 3.28. The second-order valence-electron chi connectivity index (χ2n) is 12.7. The van der Waals surface area contributed by atoms with Crippen molar-refractivity contribution in [3.8, 4) is 0 Å². The first-order chi connectivity index (χ1) is 21.0. The number of nitrogens with zero attached hydrogens (tertiary/aromatic N) is 4. The molecule has 0 saturated carbocycles. The topological polar surface area (TPSA) is 134 Å². The van der Waals surface area contributed by atoms with Crippen LogP contribution in [0.15, 0.2) is 30.3 Å². The van der Waals surface area contributed by atoms with E-state index in [2.05, 4.69) is 15.7 Å². The van der Waals surface area contributed by atoms with Crippen LogP contribution in [0.4, 0.5) is 0 Å². The molecular formula is C33H44N6O5. The first-order valence-electron chi connectivity index (χ1n) is 15.8. The molecule has 4 amide bonds. The molecule has 3 fully saturated rings. The minimum atomic E-state index is -0.761. The van der Waals surface area contributed by atoms with Gasteiger partial charge in [0.05, 0.1) is 11.3 Å². The molecule has 2 aromatic rings. The molecule has 0 unspecified atom stereocenters. The van der Waals surface area contributed by atoms with Crippen LogP contribution in [-0.2, 0) is 32.1 Å². The molecular weight excluding hydrogens is 560 g/mol. The lowest BCUT2D eigenvalue weighted by Gasteiger charge is -2.51. The van der Waals surface area contributed by atoms with Crippen LogP contribution in [0.1, 0.15) is 73.3 Å². The van der Waals surface area contributed by atoms with Crippen molar-refractivity contribution >= 4 is 29.4 Å².